The summed E-state index contributed by atoms with van der Waals surface area (Å²) >= 11 is 0. The van der Waals surface area contributed by atoms with Gasteiger partial charge in [-0.25, -0.2) is 0 Å². The van der Waals surface area contributed by atoms with E-state index in [-0.39, 0.29) is 5.56 Å². The van der Waals surface area contributed by atoms with Gasteiger partial charge >= 0.3 is 6.18 Å². The van der Waals surface area contributed by atoms with E-state index in [1.54, 1.807) is 0 Å². The Morgan fingerprint density at radius 1 is 1.25 bits per heavy atom. The van der Waals surface area contributed by atoms with Crippen LogP contribution in [0.3, 0.4) is 0 Å². The van der Waals surface area contributed by atoms with Crippen LogP contribution in [0, 0.1) is 6.92 Å². The zero-order valence-electron chi connectivity index (χ0n) is 8.19. The van der Waals surface area contributed by atoms with Crippen molar-refractivity contribution in [3.8, 4) is 0 Å². The average molecular weight is 254 g/mol. The Hall–Kier alpha value is -1.08. The molecule has 0 heterocycles. The molecule has 0 amide bonds. The molecule has 1 rings (SSSR count). The highest BCUT2D eigenvalue weighted by Crippen LogP contribution is 2.39. The molecular weight excluding hydrogens is 245 g/mol. The van der Waals surface area contributed by atoms with E-state index >= 15 is 0 Å². The van der Waals surface area contributed by atoms with Crippen LogP contribution in [0.15, 0.2) is 24.3 Å². The first-order valence-corrected chi connectivity index (χ1v) is 5.73. The molecule has 0 bridgehead atoms. The largest absolute Gasteiger partial charge is 0.411 e. The van der Waals surface area contributed by atoms with Crippen molar-refractivity contribution in [2.24, 2.45) is 0 Å². The molecule has 0 aliphatic carbocycles. The highest BCUT2D eigenvalue weighted by atomic mass is 32.2. The van der Waals surface area contributed by atoms with E-state index in [0.29, 0.717) is 0 Å². The molecule has 7 heteroatoms. The zero-order chi connectivity index (χ0) is 12.6. The first kappa shape index (κ1) is 13.0. The van der Waals surface area contributed by atoms with E-state index in [1.165, 1.54) is 25.1 Å². The van der Waals surface area contributed by atoms with Gasteiger partial charge in [0.15, 0.2) is 0 Å². The van der Waals surface area contributed by atoms with Gasteiger partial charge in [0.1, 0.15) is 0 Å². The standard InChI is InChI=1S/C9H9F3O3S/c1-6-4-2-3-5-7(6)8(9(10,11)12)16(13,14)15/h2-5,8H,1H3,(H,13,14,15). The summed E-state index contributed by atoms with van der Waals surface area (Å²) in [6, 6.07) is 5.14. The van der Waals surface area contributed by atoms with Crippen LogP contribution in [0.4, 0.5) is 13.2 Å². The van der Waals surface area contributed by atoms with E-state index < -0.39 is 27.1 Å². The lowest BCUT2D eigenvalue weighted by molar-refractivity contribution is -0.132. The molecule has 0 saturated carbocycles. The molecule has 90 valence electrons. The molecule has 1 unspecified atom stereocenters. The molecule has 1 aromatic carbocycles. The molecule has 1 N–H and O–H groups in total. The van der Waals surface area contributed by atoms with E-state index in [2.05, 4.69) is 0 Å². The maximum Gasteiger partial charge on any atom is 0.411 e. The fourth-order valence-corrected chi connectivity index (χ4v) is 2.31. The minimum atomic E-state index is -5.22. The van der Waals surface area contributed by atoms with Gasteiger partial charge in [-0.3, -0.25) is 4.55 Å². The van der Waals surface area contributed by atoms with Crippen molar-refractivity contribution in [2.45, 2.75) is 18.3 Å². The van der Waals surface area contributed by atoms with Crippen molar-refractivity contribution in [1.29, 1.82) is 0 Å². The number of rotatable bonds is 2. The molecule has 0 aliphatic heterocycles. The van der Waals surface area contributed by atoms with Crippen molar-refractivity contribution in [1.82, 2.24) is 0 Å². The highest BCUT2D eigenvalue weighted by Gasteiger charge is 2.49. The summed E-state index contributed by atoms with van der Waals surface area (Å²) in [5, 5.41) is -2.89. The van der Waals surface area contributed by atoms with Gasteiger partial charge in [-0.05, 0) is 18.1 Å². The lowest BCUT2D eigenvalue weighted by Crippen LogP contribution is -2.28. The van der Waals surface area contributed by atoms with E-state index in [4.69, 9.17) is 4.55 Å². The summed E-state index contributed by atoms with van der Waals surface area (Å²) < 4.78 is 67.8. The van der Waals surface area contributed by atoms with Gasteiger partial charge in [-0.1, -0.05) is 24.3 Å². The summed E-state index contributed by atoms with van der Waals surface area (Å²) in [6.45, 7) is 1.35. The molecule has 0 radical (unpaired) electrons. The first-order chi connectivity index (χ1) is 7.14. The van der Waals surface area contributed by atoms with E-state index in [1.807, 2.05) is 0 Å². The van der Waals surface area contributed by atoms with Gasteiger partial charge in [-0.2, -0.15) is 21.6 Å². The summed E-state index contributed by atoms with van der Waals surface area (Å²) in [5.41, 5.74) is -0.306. The Balaban J connectivity index is 3.41. The maximum absolute atomic E-state index is 12.5. The quantitative estimate of drug-likeness (QED) is 0.825. The van der Waals surface area contributed by atoms with Crippen LogP contribution in [0.2, 0.25) is 0 Å². The number of aryl methyl sites for hydroxylation is 1. The second-order valence-corrected chi connectivity index (χ2v) is 4.79. The van der Waals surface area contributed by atoms with Gasteiger partial charge in [-0.15, -0.1) is 0 Å². The molecule has 1 aromatic rings. The fourth-order valence-electron chi connectivity index (χ4n) is 1.39. The molecule has 0 saturated heterocycles. The van der Waals surface area contributed by atoms with E-state index in [0.717, 1.165) is 6.07 Å². The van der Waals surface area contributed by atoms with Gasteiger partial charge in [0.2, 0.25) is 5.25 Å². The second kappa shape index (κ2) is 4.06. The molecule has 0 aliphatic rings. The molecule has 0 spiro atoms. The number of hydrogen-bond acceptors (Lipinski definition) is 2. The van der Waals surface area contributed by atoms with Gasteiger partial charge in [0.05, 0.1) is 0 Å². The zero-order valence-corrected chi connectivity index (χ0v) is 9.01. The third-order valence-corrected chi connectivity index (χ3v) is 3.18. The minimum absolute atomic E-state index is 0.155. The topological polar surface area (TPSA) is 54.4 Å². The van der Waals surface area contributed by atoms with Crippen LogP contribution < -0.4 is 0 Å². The van der Waals surface area contributed by atoms with Crippen LogP contribution in [0.1, 0.15) is 16.4 Å². The predicted molar refractivity (Wildman–Crippen MR) is 51.5 cm³/mol. The van der Waals surface area contributed by atoms with E-state index in [9.17, 15) is 21.6 Å². The maximum atomic E-state index is 12.5. The fraction of sp³-hybridized carbons (Fsp3) is 0.333. The molecular formula is C9H9F3O3S. The predicted octanol–water partition coefficient (Wildman–Crippen LogP) is 2.49. The first-order valence-electron chi connectivity index (χ1n) is 4.22. The van der Waals surface area contributed by atoms with Gasteiger partial charge in [0, 0.05) is 0 Å². The third-order valence-electron chi connectivity index (χ3n) is 2.07. The summed E-state index contributed by atoms with van der Waals surface area (Å²) in [4.78, 5) is 0. The summed E-state index contributed by atoms with van der Waals surface area (Å²) in [5.74, 6) is 0. The Morgan fingerprint density at radius 2 is 1.75 bits per heavy atom. The van der Waals surface area contributed by atoms with Crippen molar-refractivity contribution in [2.75, 3.05) is 0 Å². The van der Waals surface area contributed by atoms with Gasteiger partial charge in [0.25, 0.3) is 10.1 Å². The Bertz CT molecular complexity index is 479. The Labute approximate surface area is 90.7 Å². The number of hydrogen-bond donors (Lipinski definition) is 1. The van der Waals surface area contributed by atoms with Crippen molar-refractivity contribution in [3.63, 3.8) is 0 Å². The molecule has 1 atom stereocenters. The van der Waals surface area contributed by atoms with Crippen LogP contribution in [0.25, 0.3) is 0 Å². The smallest absolute Gasteiger partial charge is 0.285 e. The number of benzene rings is 1. The minimum Gasteiger partial charge on any atom is -0.285 e. The highest BCUT2D eigenvalue weighted by molar-refractivity contribution is 7.86. The van der Waals surface area contributed by atoms with Crippen LogP contribution >= 0.6 is 0 Å². The van der Waals surface area contributed by atoms with Crippen LogP contribution in [0.5, 0.6) is 0 Å². The van der Waals surface area contributed by atoms with Crippen LogP contribution in [-0.2, 0) is 10.1 Å². The molecule has 16 heavy (non-hydrogen) atoms. The number of alkyl halides is 3. The van der Waals surface area contributed by atoms with Crippen molar-refractivity contribution >= 4 is 10.1 Å². The summed E-state index contributed by atoms with van der Waals surface area (Å²) in [6.07, 6.45) is -5.04. The van der Waals surface area contributed by atoms with Crippen LogP contribution in [-0.4, -0.2) is 19.1 Å². The second-order valence-electron chi connectivity index (χ2n) is 3.29. The Morgan fingerprint density at radius 3 is 2.12 bits per heavy atom. The van der Waals surface area contributed by atoms with Crippen molar-refractivity contribution < 1.29 is 26.1 Å². The van der Waals surface area contributed by atoms with Crippen molar-refractivity contribution in [3.05, 3.63) is 35.4 Å². The van der Waals surface area contributed by atoms with Gasteiger partial charge < -0.3 is 0 Å². The Kier molecular flexibility index (Phi) is 3.30. The molecule has 0 aromatic heterocycles. The average Bonchev–Trinajstić information content (AvgIpc) is 2.03. The lowest BCUT2D eigenvalue weighted by Gasteiger charge is -2.19. The molecule has 3 nitrogen and oxygen atoms in total. The normalized spacial score (nSPS) is 14.8. The SMILES string of the molecule is Cc1ccccc1C(C(F)(F)F)S(=O)(=O)O. The summed E-state index contributed by atoms with van der Waals surface area (Å²) in [7, 11) is -5.22. The third kappa shape index (κ3) is 2.73. The number of halogens is 3. The monoisotopic (exact) mass is 254 g/mol. The lowest BCUT2D eigenvalue weighted by atomic mass is 10.1. The molecule has 0 fully saturated rings.